The summed E-state index contributed by atoms with van der Waals surface area (Å²) in [5, 5.41) is 20.8. The molecule has 9 nitrogen and oxygen atoms in total. The van der Waals surface area contributed by atoms with Crippen molar-refractivity contribution in [3.8, 4) is 11.5 Å². The van der Waals surface area contributed by atoms with Crippen molar-refractivity contribution < 1.29 is 24.1 Å². The standard InChI is InChI=1S/C19H25N3O6/c1-19(2,25)15-6-9-12(28-15)8-14-16(17(9)26-3)11(24)7-13(27-14)10(23)4-5-22-18(20)21/h7-8,10,15,23,25H,4-6H2,1-3H3,(H4,20,21,22)/t10-,15+/m1/s1. The molecular weight excluding hydrogens is 366 g/mol. The van der Waals surface area contributed by atoms with Crippen LogP contribution in [0, 0.1) is 0 Å². The van der Waals surface area contributed by atoms with Gasteiger partial charge in [-0.05, 0) is 13.8 Å². The van der Waals surface area contributed by atoms with Crippen LogP contribution in [0.1, 0.15) is 37.7 Å². The van der Waals surface area contributed by atoms with E-state index in [1.807, 2.05) is 0 Å². The Morgan fingerprint density at radius 3 is 2.75 bits per heavy atom. The minimum atomic E-state index is -1.07. The second-order valence-electron chi connectivity index (χ2n) is 7.35. The van der Waals surface area contributed by atoms with E-state index < -0.39 is 17.8 Å². The summed E-state index contributed by atoms with van der Waals surface area (Å²) in [5.41, 5.74) is 10.1. The van der Waals surface area contributed by atoms with Crippen LogP contribution >= 0.6 is 0 Å². The lowest BCUT2D eigenvalue weighted by molar-refractivity contribution is -0.0229. The molecule has 0 saturated heterocycles. The zero-order valence-corrected chi connectivity index (χ0v) is 16.1. The molecule has 0 amide bonds. The zero-order valence-electron chi connectivity index (χ0n) is 16.1. The first-order valence-electron chi connectivity index (χ1n) is 8.92. The molecule has 0 unspecified atom stereocenters. The van der Waals surface area contributed by atoms with Crippen molar-refractivity contribution in [2.45, 2.75) is 44.5 Å². The molecular formula is C19H25N3O6. The lowest BCUT2D eigenvalue weighted by Gasteiger charge is -2.24. The second kappa shape index (κ2) is 7.33. The van der Waals surface area contributed by atoms with Crippen molar-refractivity contribution in [2.24, 2.45) is 16.5 Å². The van der Waals surface area contributed by atoms with Crippen LogP contribution in [-0.4, -0.2) is 41.5 Å². The van der Waals surface area contributed by atoms with E-state index in [9.17, 15) is 15.0 Å². The highest BCUT2D eigenvalue weighted by atomic mass is 16.5. The Morgan fingerprint density at radius 2 is 2.14 bits per heavy atom. The Balaban J connectivity index is 2.03. The number of hydrogen-bond acceptors (Lipinski definition) is 7. The van der Waals surface area contributed by atoms with E-state index in [1.54, 1.807) is 19.9 Å². The monoisotopic (exact) mass is 391 g/mol. The number of guanidine groups is 1. The van der Waals surface area contributed by atoms with Gasteiger partial charge in [0, 0.05) is 37.1 Å². The van der Waals surface area contributed by atoms with E-state index in [-0.39, 0.29) is 41.1 Å². The maximum Gasteiger partial charge on any atom is 0.196 e. The summed E-state index contributed by atoms with van der Waals surface area (Å²) >= 11 is 0. The minimum absolute atomic E-state index is 0.0778. The molecule has 6 N–H and O–H groups in total. The van der Waals surface area contributed by atoms with E-state index >= 15 is 0 Å². The number of nitrogens with zero attached hydrogens (tertiary/aromatic N) is 1. The quantitative estimate of drug-likeness (QED) is 0.412. The van der Waals surface area contributed by atoms with Gasteiger partial charge in [0.05, 0.1) is 12.7 Å². The van der Waals surface area contributed by atoms with Gasteiger partial charge in [0.15, 0.2) is 11.4 Å². The number of hydrogen-bond donors (Lipinski definition) is 4. The molecule has 1 aliphatic rings. The molecule has 3 rings (SSSR count). The molecule has 2 aromatic rings. The maximum atomic E-state index is 12.7. The van der Waals surface area contributed by atoms with Gasteiger partial charge in [-0.15, -0.1) is 0 Å². The van der Waals surface area contributed by atoms with Crippen LogP contribution in [0.15, 0.2) is 26.3 Å². The van der Waals surface area contributed by atoms with Gasteiger partial charge in [-0.3, -0.25) is 9.79 Å². The number of methoxy groups -OCH3 is 1. The molecule has 2 atom stereocenters. The van der Waals surface area contributed by atoms with Gasteiger partial charge in [0.1, 0.15) is 40.4 Å². The van der Waals surface area contributed by atoms with E-state index in [2.05, 4.69) is 4.99 Å². The molecule has 28 heavy (non-hydrogen) atoms. The fourth-order valence-corrected chi connectivity index (χ4v) is 3.25. The molecule has 1 aromatic heterocycles. The van der Waals surface area contributed by atoms with Crippen LogP contribution in [0.2, 0.25) is 0 Å². The van der Waals surface area contributed by atoms with E-state index in [1.165, 1.54) is 13.2 Å². The SMILES string of the molecule is COc1c2c(cc3oc([C@H](O)CCN=C(N)N)cc(=O)c13)O[C@H](C(C)(C)O)C2. The predicted molar refractivity (Wildman–Crippen MR) is 104 cm³/mol. The minimum Gasteiger partial charge on any atom is -0.495 e. The van der Waals surface area contributed by atoms with Crippen LogP contribution in [-0.2, 0) is 6.42 Å². The fourth-order valence-electron chi connectivity index (χ4n) is 3.25. The molecule has 0 spiro atoms. The number of nitrogens with two attached hydrogens (primary N) is 2. The maximum absolute atomic E-state index is 12.7. The molecule has 0 radical (unpaired) electrons. The highest BCUT2D eigenvalue weighted by Crippen LogP contribution is 2.43. The Kier molecular flexibility index (Phi) is 5.22. The topological polar surface area (TPSA) is 154 Å². The number of benzene rings is 1. The average molecular weight is 391 g/mol. The molecule has 9 heteroatoms. The number of ether oxygens (including phenoxy) is 2. The lowest BCUT2D eigenvalue weighted by atomic mass is 9.96. The summed E-state index contributed by atoms with van der Waals surface area (Å²) in [4.78, 5) is 16.5. The number of aliphatic hydroxyl groups is 2. The third kappa shape index (κ3) is 3.76. The first kappa shape index (κ1) is 20.0. The predicted octanol–water partition coefficient (Wildman–Crippen LogP) is 0.573. The molecule has 0 bridgehead atoms. The Morgan fingerprint density at radius 1 is 1.43 bits per heavy atom. The summed E-state index contributed by atoms with van der Waals surface area (Å²) in [6.07, 6.45) is -0.941. The van der Waals surface area contributed by atoms with Crippen molar-refractivity contribution in [1.29, 1.82) is 0 Å². The van der Waals surface area contributed by atoms with E-state index in [0.29, 0.717) is 23.5 Å². The molecule has 0 saturated carbocycles. The number of rotatable bonds is 6. The Hall–Kier alpha value is -2.78. The van der Waals surface area contributed by atoms with E-state index in [4.69, 9.17) is 25.4 Å². The van der Waals surface area contributed by atoms with Crippen LogP contribution in [0.25, 0.3) is 11.0 Å². The molecule has 152 valence electrons. The number of aliphatic imine (C=N–C) groups is 1. The molecule has 1 aromatic carbocycles. The smallest absolute Gasteiger partial charge is 0.196 e. The van der Waals surface area contributed by atoms with Crippen molar-refractivity contribution in [1.82, 2.24) is 0 Å². The van der Waals surface area contributed by atoms with Crippen molar-refractivity contribution in [3.05, 3.63) is 33.7 Å². The fraction of sp³-hybridized carbons (Fsp3) is 0.474. The van der Waals surface area contributed by atoms with Gasteiger partial charge in [-0.1, -0.05) is 0 Å². The highest BCUT2D eigenvalue weighted by molar-refractivity contribution is 5.87. The van der Waals surface area contributed by atoms with Crippen molar-refractivity contribution in [3.63, 3.8) is 0 Å². The summed E-state index contributed by atoms with van der Waals surface area (Å²) in [6.45, 7) is 3.50. The zero-order chi connectivity index (χ0) is 20.6. The third-order valence-corrected chi connectivity index (χ3v) is 4.73. The first-order valence-corrected chi connectivity index (χ1v) is 8.92. The van der Waals surface area contributed by atoms with Crippen molar-refractivity contribution in [2.75, 3.05) is 13.7 Å². The highest BCUT2D eigenvalue weighted by Gasteiger charge is 2.37. The van der Waals surface area contributed by atoms with Crippen LogP contribution in [0.5, 0.6) is 11.5 Å². The Labute approximate surface area is 161 Å². The number of fused-ring (bicyclic) bond motifs is 2. The lowest BCUT2D eigenvalue weighted by Crippen LogP contribution is -2.39. The van der Waals surface area contributed by atoms with Gasteiger partial charge in [-0.2, -0.15) is 0 Å². The third-order valence-electron chi connectivity index (χ3n) is 4.73. The molecule has 0 aliphatic carbocycles. The largest absolute Gasteiger partial charge is 0.495 e. The molecule has 0 fully saturated rings. The van der Waals surface area contributed by atoms with Crippen LogP contribution < -0.4 is 26.4 Å². The normalized spacial score (nSPS) is 17.1. The van der Waals surface area contributed by atoms with Crippen LogP contribution in [0.4, 0.5) is 0 Å². The summed E-state index contributed by atoms with van der Waals surface area (Å²) in [7, 11) is 1.46. The Bertz CT molecular complexity index is 972. The summed E-state index contributed by atoms with van der Waals surface area (Å²) in [6, 6.07) is 2.83. The number of aliphatic hydroxyl groups excluding tert-OH is 1. The van der Waals surface area contributed by atoms with Gasteiger partial charge < -0.3 is 35.6 Å². The molecule has 1 aliphatic heterocycles. The van der Waals surface area contributed by atoms with Gasteiger partial charge in [0.2, 0.25) is 0 Å². The van der Waals surface area contributed by atoms with E-state index in [0.717, 1.165) is 0 Å². The van der Waals surface area contributed by atoms with Crippen LogP contribution in [0.3, 0.4) is 0 Å². The van der Waals surface area contributed by atoms with Gasteiger partial charge >= 0.3 is 0 Å². The summed E-state index contributed by atoms with van der Waals surface area (Å²) < 4.78 is 17.1. The van der Waals surface area contributed by atoms with Gasteiger partial charge in [0.25, 0.3) is 0 Å². The van der Waals surface area contributed by atoms with Crippen molar-refractivity contribution >= 4 is 16.9 Å². The first-order chi connectivity index (χ1) is 13.1. The average Bonchev–Trinajstić information content (AvgIpc) is 3.03. The second-order valence-corrected chi connectivity index (χ2v) is 7.35. The molecule has 2 heterocycles. The van der Waals surface area contributed by atoms with Gasteiger partial charge in [-0.25, -0.2) is 0 Å². The summed E-state index contributed by atoms with van der Waals surface area (Å²) in [5.74, 6) is 0.856.